The molecule has 11 nitrogen and oxygen atoms in total. The Morgan fingerprint density at radius 2 is 1.40 bits per heavy atom. The van der Waals surface area contributed by atoms with E-state index in [0.29, 0.717) is 5.75 Å². The summed E-state index contributed by atoms with van der Waals surface area (Å²) in [5.74, 6) is -2.41. The van der Waals surface area contributed by atoms with Crippen molar-refractivity contribution in [1.29, 1.82) is 0 Å². The highest BCUT2D eigenvalue weighted by Crippen LogP contribution is 2.31. The second kappa shape index (κ2) is 17.3. The summed E-state index contributed by atoms with van der Waals surface area (Å²) in [5.41, 5.74) is 1.08. The van der Waals surface area contributed by atoms with Gasteiger partial charge in [-0.05, 0) is 54.2 Å². The first-order chi connectivity index (χ1) is 20.1. The average Bonchev–Trinajstić information content (AvgIpc) is 2.96. The van der Waals surface area contributed by atoms with Gasteiger partial charge in [0.1, 0.15) is 41.0 Å². The molecule has 0 aliphatic heterocycles. The molecule has 0 spiro atoms. The lowest BCUT2D eigenvalue weighted by atomic mass is 9.98. The van der Waals surface area contributed by atoms with Crippen LogP contribution in [0.3, 0.4) is 0 Å². The van der Waals surface area contributed by atoms with Crippen LogP contribution in [-0.2, 0) is 20.8 Å². The van der Waals surface area contributed by atoms with Gasteiger partial charge in [0.15, 0.2) is 0 Å². The molecule has 2 aromatic heterocycles. The highest BCUT2D eigenvalue weighted by atomic mass is 35.5. The summed E-state index contributed by atoms with van der Waals surface area (Å²) >= 11 is 1.47. The Morgan fingerprint density at radius 3 is 1.88 bits per heavy atom. The van der Waals surface area contributed by atoms with Gasteiger partial charge in [-0.2, -0.15) is 11.8 Å². The second-order valence-corrected chi connectivity index (χ2v) is 11.1. The quantitative estimate of drug-likeness (QED) is 0.146. The van der Waals surface area contributed by atoms with Crippen LogP contribution in [0.4, 0.5) is 0 Å². The first kappa shape index (κ1) is 35.3. The number of aliphatic carboxylic acids is 1. The molecule has 0 unspecified atom stereocenters. The van der Waals surface area contributed by atoms with E-state index in [9.17, 15) is 29.7 Å². The van der Waals surface area contributed by atoms with E-state index in [1.165, 1.54) is 36.3 Å². The Labute approximate surface area is 261 Å². The van der Waals surface area contributed by atoms with Crippen molar-refractivity contribution in [2.75, 3.05) is 12.0 Å². The third-order valence-electron chi connectivity index (χ3n) is 6.62. The van der Waals surface area contributed by atoms with Crippen molar-refractivity contribution in [3.63, 3.8) is 0 Å². The Hall–Kier alpha value is -3.87. The fourth-order valence-electron chi connectivity index (χ4n) is 4.39. The SMILES string of the molecule is CSCC[C@H](NC(=O)[C@H](Cc1ccccc1)NC(=O)[C@@H](NC(c1ncccc1O)c1ncccc1O)C(C)C)C(=O)O.Cl. The molecule has 2 amide bonds. The van der Waals surface area contributed by atoms with Gasteiger partial charge in [0, 0.05) is 18.8 Å². The predicted octanol–water partition coefficient (Wildman–Crippen LogP) is 3.06. The van der Waals surface area contributed by atoms with Crippen molar-refractivity contribution >= 4 is 42.0 Å². The van der Waals surface area contributed by atoms with E-state index in [-0.39, 0.29) is 54.1 Å². The molecule has 6 N–H and O–H groups in total. The third-order valence-corrected chi connectivity index (χ3v) is 7.26. The van der Waals surface area contributed by atoms with Gasteiger partial charge in [0.25, 0.3) is 0 Å². The molecule has 3 rings (SSSR count). The van der Waals surface area contributed by atoms with Crippen LogP contribution in [0.1, 0.15) is 43.3 Å². The largest absolute Gasteiger partial charge is 0.506 e. The van der Waals surface area contributed by atoms with Gasteiger partial charge in [-0.25, -0.2) is 4.79 Å². The maximum atomic E-state index is 13.8. The van der Waals surface area contributed by atoms with E-state index in [1.807, 2.05) is 36.6 Å². The molecule has 43 heavy (non-hydrogen) atoms. The van der Waals surface area contributed by atoms with Crippen molar-refractivity contribution in [2.24, 2.45) is 5.92 Å². The maximum Gasteiger partial charge on any atom is 0.326 e. The number of aromatic nitrogens is 2. The van der Waals surface area contributed by atoms with Crippen LogP contribution in [0.5, 0.6) is 11.5 Å². The monoisotopic (exact) mass is 631 g/mol. The first-order valence-electron chi connectivity index (χ1n) is 13.5. The van der Waals surface area contributed by atoms with Crippen molar-refractivity contribution in [3.8, 4) is 11.5 Å². The minimum Gasteiger partial charge on any atom is -0.506 e. The zero-order valence-electron chi connectivity index (χ0n) is 24.1. The van der Waals surface area contributed by atoms with Crippen LogP contribution in [0.15, 0.2) is 67.0 Å². The van der Waals surface area contributed by atoms with E-state index in [1.54, 1.807) is 26.0 Å². The normalized spacial score (nSPS) is 13.0. The number of thioether (sulfide) groups is 1. The van der Waals surface area contributed by atoms with Crippen LogP contribution in [-0.4, -0.2) is 73.2 Å². The molecule has 1 aromatic carbocycles. The lowest BCUT2D eigenvalue weighted by Gasteiger charge is -2.29. The molecule has 13 heteroatoms. The Kier molecular flexibility index (Phi) is 14.2. The lowest BCUT2D eigenvalue weighted by Crippen LogP contribution is -2.57. The highest BCUT2D eigenvalue weighted by molar-refractivity contribution is 7.98. The van der Waals surface area contributed by atoms with Gasteiger partial charge in [-0.3, -0.25) is 24.9 Å². The molecule has 0 bridgehead atoms. The third kappa shape index (κ3) is 10.1. The van der Waals surface area contributed by atoms with Crippen LogP contribution >= 0.6 is 24.2 Å². The summed E-state index contributed by atoms with van der Waals surface area (Å²) in [6, 6.07) is 11.0. The fraction of sp³-hybridized carbons (Fsp3) is 0.367. The summed E-state index contributed by atoms with van der Waals surface area (Å²) < 4.78 is 0. The maximum absolute atomic E-state index is 13.8. The van der Waals surface area contributed by atoms with E-state index in [2.05, 4.69) is 25.9 Å². The van der Waals surface area contributed by atoms with Crippen molar-refractivity contribution in [2.45, 2.75) is 50.9 Å². The van der Waals surface area contributed by atoms with Crippen molar-refractivity contribution in [3.05, 3.63) is 83.9 Å². The van der Waals surface area contributed by atoms with Crippen LogP contribution in [0, 0.1) is 5.92 Å². The zero-order valence-corrected chi connectivity index (χ0v) is 25.8. The van der Waals surface area contributed by atoms with Gasteiger partial charge in [-0.1, -0.05) is 44.2 Å². The molecule has 0 fully saturated rings. The van der Waals surface area contributed by atoms with Crippen LogP contribution in [0.25, 0.3) is 0 Å². The Balaban J connectivity index is 0.00000645. The minimum absolute atomic E-state index is 0. The number of nitrogens with one attached hydrogen (secondary N) is 3. The number of amides is 2. The molecule has 0 aliphatic rings. The summed E-state index contributed by atoms with van der Waals surface area (Å²) in [7, 11) is 0. The molecular formula is C30H38ClN5O6S. The number of benzene rings is 1. The van der Waals surface area contributed by atoms with Crippen LogP contribution < -0.4 is 16.0 Å². The number of aromatic hydroxyl groups is 2. The highest BCUT2D eigenvalue weighted by Gasteiger charge is 2.34. The smallest absolute Gasteiger partial charge is 0.326 e. The first-order valence-corrected chi connectivity index (χ1v) is 14.9. The number of rotatable bonds is 15. The minimum atomic E-state index is -1.16. The standard InChI is InChI=1S/C30H37N5O6S.ClH/c1-18(2)24(35-27(25-22(36)11-7-14-31-25)26-23(37)12-8-15-32-26)29(39)34-21(17-19-9-5-4-6-10-19)28(38)33-20(30(40)41)13-16-42-3;/h4-12,14-15,18,20-21,24,27,35-37H,13,16-17H2,1-3H3,(H,33,38)(H,34,39)(H,40,41);1H/t20-,21-,24-;/m0./s1. The molecule has 3 aromatic rings. The summed E-state index contributed by atoms with van der Waals surface area (Å²) in [6.07, 6.45) is 5.16. The number of carbonyl (C=O) groups excluding carboxylic acids is 2. The lowest BCUT2D eigenvalue weighted by molar-refractivity contribution is -0.142. The number of pyridine rings is 2. The summed E-state index contributed by atoms with van der Waals surface area (Å²) in [4.78, 5) is 47.6. The van der Waals surface area contributed by atoms with Crippen molar-refractivity contribution < 1.29 is 29.7 Å². The number of carboxylic acids is 1. The average molecular weight is 632 g/mol. The number of carboxylic acid groups (broad SMARTS) is 1. The van der Waals surface area contributed by atoms with E-state index >= 15 is 0 Å². The summed E-state index contributed by atoms with van der Waals surface area (Å²) in [6.45, 7) is 3.61. The Morgan fingerprint density at radius 1 is 0.837 bits per heavy atom. The summed E-state index contributed by atoms with van der Waals surface area (Å²) in [5, 5.41) is 39.4. The molecule has 232 valence electrons. The number of carbonyl (C=O) groups is 3. The van der Waals surface area contributed by atoms with Gasteiger partial charge in [-0.15, -0.1) is 12.4 Å². The zero-order chi connectivity index (χ0) is 30.6. The van der Waals surface area contributed by atoms with Gasteiger partial charge in [0.05, 0.1) is 6.04 Å². The van der Waals surface area contributed by atoms with Gasteiger partial charge < -0.3 is 26.0 Å². The second-order valence-electron chi connectivity index (χ2n) is 10.1. The predicted molar refractivity (Wildman–Crippen MR) is 167 cm³/mol. The van der Waals surface area contributed by atoms with E-state index in [4.69, 9.17) is 0 Å². The molecule has 0 radical (unpaired) electrons. The number of nitrogens with zero attached hydrogens (tertiary/aromatic N) is 2. The Bertz CT molecular complexity index is 1300. The molecule has 0 saturated heterocycles. The number of hydrogen-bond donors (Lipinski definition) is 6. The molecule has 0 saturated carbocycles. The fourth-order valence-corrected chi connectivity index (χ4v) is 4.86. The van der Waals surface area contributed by atoms with E-state index in [0.717, 1.165) is 5.56 Å². The number of halogens is 1. The molecule has 2 heterocycles. The van der Waals surface area contributed by atoms with Gasteiger partial charge in [0.2, 0.25) is 11.8 Å². The molecule has 0 aliphatic carbocycles. The van der Waals surface area contributed by atoms with Crippen LogP contribution in [0.2, 0.25) is 0 Å². The van der Waals surface area contributed by atoms with Gasteiger partial charge >= 0.3 is 5.97 Å². The van der Waals surface area contributed by atoms with Crippen molar-refractivity contribution in [1.82, 2.24) is 25.9 Å². The van der Waals surface area contributed by atoms with E-state index < -0.39 is 42.0 Å². The molecular weight excluding hydrogens is 594 g/mol. The number of hydrogen-bond acceptors (Lipinski definition) is 9. The molecule has 3 atom stereocenters. The topological polar surface area (TPSA) is 174 Å².